The molecule has 2 unspecified atom stereocenters. The number of phenols is 1. The molecule has 2 aromatic carbocycles. The molecule has 2 N–H and O–H groups in total. The van der Waals surface area contributed by atoms with E-state index >= 15 is 0 Å². The summed E-state index contributed by atoms with van der Waals surface area (Å²) >= 11 is 0. The molecule has 6 nitrogen and oxygen atoms in total. The summed E-state index contributed by atoms with van der Waals surface area (Å²) in [6.07, 6.45) is 2.99. The van der Waals surface area contributed by atoms with Gasteiger partial charge in [0, 0.05) is 30.0 Å². The van der Waals surface area contributed by atoms with Crippen LogP contribution in [0.2, 0.25) is 0 Å². The van der Waals surface area contributed by atoms with Gasteiger partial charge in [0.05, 0.1) is 11.0 Å². The lowest BCUT2D eigenvalue weighted by Gasteiger charge is -2.29. The first-order valence-corrected chi connectivity index (χ1v) is 12.5. The maximum atomic E-state index is 13.3. The molecule has 0 fully saturated rings. The van der Waals surface area contributed by atoms with Gasteiger partial charge >= 0.3 is 5.63 Å². The van der Waals surface area contributed by atoms with E-state index in [0.717, 1.165) is 5.56 Å². The van der Waals surface area contributed by atoms with Gasteiger partial charge in [-0.3, -0.25) is 4.79 Å². The lowest BCUT2D eigenvalue weighted by molar-refractivity contribution is -0.0429. The van der Waals surface area contributed by atoms with Crippen molar-refractivity contribution in [3.63, 3.8) is 0 Å². The topological polar surface area (TPSA) is 97.0 Å². The molecule has 1 aromatic heterocycles. The average molecular weight is 491 g/mol. The third kappa shape index (κ3) is 4.96. The van der Waals surface area contributed by atoms with E-state index in [0.29, 0.717) is 35.1 Å². The SMILES string of the molecule is CC(C)=CCCC(C)(O)C1Cc2c(O)c(C(=O)CC(C)C)c3oc(=O)cc(-c4ccccc4)c3c2O1. The molecule has 1 aliphatic heterocycles. The number of ketones is 1. The van der Waals surface area contributed by atoms with Gasteiger partial charge in [0.1, 0.15) is 23.2 Å². The number of fused-ring (bicyclic) bond motifs is 3. The Morgan fingerprint density at radius 3 is 2.56 bits per heavy atom. The molecule has 0 bridgehead atoms. The molecule has 0 spiro atoms. The number of ether oxygens (including phenoxy) is 1. The number of hydrogen-bond donors (Lipinski definition) is 2. The quantitative estimate of drug-likeness (QED) is 0.222. The predicted octanol–water partition coefficient (Wildman–Crippen LogP) is 6.20. The first-order valence-electron chi connectivity index (χ1n) is 12.5. The summed E-state index contributed by atoms with van der Waals surface area (Å²) in [5, 5.41) is 23.1. The second kappa shape index (κ2) is 9.94. The Balaban J connectivity index is 1.94. The van der Waals surface area contributed by atoms with E-state index in [1.54, 1.807) is 6.92 Å². The van der Waals surface area contributed by atoms with Crippen LogP contribution in [0.25, 0.3) is 22.1 Å². The van der Waals surface area contributed by atoms with Gasteiger partial charge in [-0.05, 0) is 45.1 Å². The van der Waals surface area contributed by atoms with Gasteiger partial charge in [-0.1, -0.05) is 55.8 Å². The highest BCUT2D eigenvalue weighted by Gasteiger charge is 2.42. The number of allylic oxidation sites excluding steroid dienone is 2. The Morgan fingerprint density at radius 2 is 1.92 bits per heavy atom. The monoisotopic (exact) mass is 490 g/mol. The largest absolute Gasteiger partial charge is 0.507 e. The van der Waals surface area contributed by atoms with Crippen molar-refractivity contribution in [2.24, 2.45) is 5.92 Å². The van der Waals surface area contributed by atoms with Crippen molar-refractivity contribution < 1.29 is 24.2 Å². The molecule has 0 amide bonds. The van der Waals surface area contributed by atoms with Crippen molar-refractivity contribution >= 4 is 16.8 Å². The highest BCUT2D eigenvalue weighted by molar-refractivity contribution is 6.14. The van der Waals surface area contributed by atoms with E-state index in [9.17, 15) is 19.8 Å². The van der Waals surface area contributed by atoms with Crippen LogP contribution < -0.4 is 10.4 Å². The number of aromatic hydroxyl groups is 1. The van der Waals surface area contributed by atoms with Crippen LogP contribution in [0, 0.1) is 5.92 Å². The molecule has 1 aliphatic rings. The maximum Gasteiger partial charge on any atom is 0.336 e. The zero-order chi connectivity index (χ0) is 26.2. The minimum absolute atomic E-state index is 0.000708. The molecule has 0 saturated heterocycles. The van der Waals surface area contributed by atoms with E-state index in [4.69, 9.17) is 9.15 Å². The number of hydrogen-bond acceptors (Lipinski definition) is 6. The van der Waals surface area contributed by atoms with Gasteiger partial charge in [-0.2, -0.15) is 0 Å². The summed E-state index contributed by atoms with van der Waals surface area (Å²) < 4.78 is 11.9. The fourth-order valence-corrected chi connectivity index (χ4v) is 4.84. The number of benzene rings is 2. The molecule has 0 radical (unpaired) electrons. The molecule has 0 aliphatic carbocycles. The van der Waals surface area contributed by atoms with E-state index in [-0.39, 0.29) is 41.4 Å². The van der Waals surface area contributed by atoms with Gasteiger partial charge in [0.15, 0.2) is 11.4 Å². The Hall–Kier alpha value is -3.38. The van der Waals surface area contributed by atoms with Gasteiger partial charge in [-0.25, -0.2) is 4.79 Å². The van der Waals surface area contributed by atoms with E-state index in [1.807, 2.05) is 58.0 Å². The van der Waals surface area contributed by atoms with Crippen molar-refractivity contribution in [2.75, 3.05) is 0 Å². The number of carbonyl (C=O) groups excluding carboxylic acids is 1. The third-order valence-electron chi connectivity index (χ3n) is 6.72. The zero-order valence-corrected chi connectivity index (χ0v) is 21.6. The van der Waals surface area contributed by atoms with Crippen molar-refractivity contribution in [2.45, 2.75) is 72.0 Å². The van der Waals surface area contributed by atoms with E-state index in [1.165, 1.54) is 11.6 Å². The molecule has 190 valence electrons. The third-order valence-corrected chi connectivity index (χ3v) is 6.72. The molecule has 6 heteroatoms. The van der Waals surface area contributed by atoms with Crippen LogP contribution in [0.1, 0.15) is 69.8 Å². The number of carbonyl (C=O) groups is 1. The first kappa shape index (κ1) is 25.7. The van der Waals surface area contributed by atoms with Crippen LogP contribution in [0.5, 0.6) is 11.5 Å². The normalized spacial score (nSPS) is 16.5. The van der Waals surface area contributed by atoms with Crippen molar-refractivity contribution in [3.8, 4) is 22.6 Å². The molecule has 36 heavy (non-hydrogen) atoms. The summed E-state index contributed by atoms with van der Waals surface area (Å²) in [5.74, 6) is -0.149. The minimum atomic E-state index is -1.19. The highest BCUT2D eigenvalue weighted by atomic mass is 16.5. The Morgan fingerprint density at radius 1 is 1.22 bits per heavy atom. The van der Waals surface area contributed by atoms with Crippen LogP contribution in [0.4, 0.5) is 0 Å². The molecular weight excluding hydrogens is 456 g/mol. The number of phenolic OH excluding ortho intramolecular Hbond substituents is 1. The molecule has 2 heterocycles. The van der Waals surface area contributed by atoms with Crippen LogP contribution in [-0.4, -0.2) is 27.7 Å². The maximum absolute atomic E-state index is 13.3. The second-order valence-electron chi connectivity index (χ2n) is 10.6. The smallest absolute Gasteiger partial charge is 0.336 e. The van der Waals surface area contributed by atoms with Gasteiger partial charge in [0.25, 0.3) is 0 Å². The second-order valence-corrected chi connectivity index (χ2v) is 10.6. The summed E-state index contributed by atoms with van der Waals surface area (Å²) in [6, 6.07) is 10.7. The molecule has 0 saturated carbocycles. The van der Waals surface area contributed by atoms with Crippen LogP contribution >= 0.6 is 0 Å². The van der Waals surface area contributed by atoms with E-state index in [2.05, 4.69) is 6.08 Å². The average Bonchev–Trinajstić information content (AvgIpc) is 3.25. The van der Waals surface area contributed by atoms with Gasteiger partial charge in [0.2, 0.25) is 0 Å². The standard InChI is InChI=1S/C30H34O6/c1-17(2)10-9-13-30(5,34)23-15-21-27(33)26(22(31)14-18(3)4)29-25(28(21)35-23)20(16-24(32)36-29)19-11-7-6-8-12-19/h6-8,10-12,16,18,23,33-34H,9,13-15H2,1-5H3. The summed E-state index contributed by atoms with van der Waals surface area (Å²) in [4.78, 5) is 26.0. The Labute approximate surface area is 211 Å². The molecule has 3 aromatic rings. The molecular formula is C30H34O6. The van der Waals surface area contributed by atoms with Gasteiger partial charge < -0.3 is 19.4 Å². The Kier molecular flexibility index (Phi) is 7.10. The first-order chi connectivity index (χ1) is 17.0. The Bertz CT molecular complexity index is 1370. The van der Waals surface area contributed by atoms with E-state index < -0.39 is 17.3 Å². The fourth-order valence-electron chi connectivity index (χ4n) is 4.84. The summed E-state index contributed by atoms with van der Waals surface area (Å²) in [6.45, 7) is 9.58. The molecule has 2 atom stereocenters. The minimum Gasteiger partial charge on any atom is -0.507 e. The van der Waals surface area contributed by atoms with Crippen molar-refractivity contribution in [3.05, 3.63) is 69.6 Å². The number of aliphatic hydroxyl groups is 1. The van der Waals surface area contributed by atoms with Crippen LogP contribution in [0.3, 0.4) is 0 Å². The summed E-state index contributed by atoms with van der Waals surface area (Å²) in [7, 11) is 0. The zero-order valence-electron chi connectivity index (χ0n) is 21.6. The van der Waals surface area contributed by atoms with Crippen molar-refractivity contribution in [1.29, 1.82) is 0 Å². The number of rotatable bonds is 8. The van der Waals surface area contributed by atoms with Crippen LogP contribution in [-0.2, 0) is 6.42 Å². The summed E-state index contributed by atoms with van der Waals surface area (Å²) in [5.41, 5.74) is 1.15. The molecule has 4 rings (SSSR count). The van der Waals surface area contributed by atoms with Crippen LogP contribution in [0.15, 0.2) is 57.3 Å². The number of Topliss-reactive ketones (excluding diaryl/α,β-unsaturated/α-hetero) is 1. The predicted molar refractivity (Wildman–Crippen MR) is 141 cm³/mol. The fraction of sp³-hybridized carbons (Fsp3) is 0.400. The lowest BCUT2D eigenvalue weighted by Crippen LogP contribution is -2.42. The van der Waals surface area contributed by atoms with Crippen molar-refractivity contribution in [1.82, 2.24) is 0 Å². The highest BCUT2D eigenvalue weighted by Crippen LogP contribution is 2.49. The lowest BCUT2D eigenvalue weighted by atomic mass is 9.88. The van der Waals surface area contributed by atoms with Gasteiger partial charge in [-0.15, -0.1) is 0 Å².